The maximum absolute atomic E-state index is 12.8. The quantitative estimate of drug-likeness (QED) is 0.0993. The first-order valence-electron chi connectivity index (χ1n) is 11.3. The fourth-order valence-electron chi connectivity index (χ4n) is 3.99. The van der Waals surface area contributed by atoms with Gasteiger partial charge in [0, 0.05) is 43.2 Å². The van der Waals surface area contributed by atoms with Crippen LogP contribution in [0.4, 0.5) is 0 Å². The molecule has 1 aromatic carbocycles. The zero-order valence-corrected chi connectivity index (χ0v) is 19.7. The molecule has 0 radical (unpaired) electrons. The number of aromatic nitrogens is 1. The van der Waals surface area contributed by atoms with Gasteiger partial charge in [-0.25, -0.2) is 0 Å². The zero-order chi connectivity index (χ0) is 25.0. The van der Waals surface area contributed by atoms with Crippen LogP contribution in [-0.2, 0) is 20.7 Å². The van der Waals surface area contributed by atoms with Crippen molar-refractivity contribution >= 4 is 34.7 Å². The van der Waals surface area contributed by atoms with E-state index >= 15 is 0 Å². The maximum atomic E-state index is 12.8. The lowest BCUT2D eigenvalue weighted by atomic mass is 9.78. The molecule has 2 rings (SSSR count). The van der Waals surface area contributed by atoms with Crippen molar-refractivity contribution in [3.05, 3.63) is 36.0 Å². The van der Waals surface area contributed by atoms with Crippen LogP contribution >= 0.6 is 0 Å². The summed E-state index contributed by atoms with van der Waals surface area (Å²) in [5, 5.41) is 4.02. The fourth-order valence-corrected chi connectivity index (χ4v) is 3.99. The second-order valence-electron chi connectivity index (χ2n) is 8.23. The monoisotopic (exact) mass is 472 g/mol. The summed E-state index contributed by atoms with van der Waals surface area (Å²) in [7, 11) is 1.34. The summed E-state index contributed by atoms with van der Waals surface area (Å²) in [5.74, 6) is -0.574. The van der Waals surface area contributed by atoms with E-state index in [9.17, 15) is 9.59 Å². The summed E-state index contributed by atoms with van der Waals surface area (Å²) < 4.78 is 5.11. The van der Waals surface area contributed by atoms with Gasteiger partial charge >= 0.3 is 5.97 Å². The van der Waals surface area contributed by atoms with Gasteiger partial charge in [0.15, 0.2) is 11.9 Å². The van der Waals surface area contributed by atoms with Crippen molar-refractivity contribution in [2.24, 2.45) is 38.3 Å². The van der Waals surface area contributed by atoms with Gasteiger partial charge in [0.1, 0.15) is 0 Å². The Morgan fingerprint density at radius 2 is 1.65 bits per heavy atom. The minimum atomic E-state index is -0.942. The highest BCUT2D eigenvalue weighted by atomic mass is 16.5. The summed E-state index contributed by atoms with van der Waals surface area (Å²) in [6.45, 7) is 0.864. The Morgan fingerprint density at radius 1 is 1.03 bits per heavy atom. The molecular formula is C23H36N8O3. The van der Waals surface area contributed by atoms with Crippen LogP contribution in [0.3, 0.4) is 0 Å². The first kappa shape index (κ1) is 26.5. The number of nitrogens with one attached hydrogen (secondary N) is 2. The lowest BCUT2D eigenvalue weighted by Crippen LogP contribution is -2.44. The van der Waals surface area contributed by atoms with Crippen LogP contribution in [0.15, 0.2) is 40.4 Å². The molecule has 0 saturated heterocycles. The van der Waals surface area contributed by atoms with Gasteiger partial charge in [-0.2, -0.15) is 0 Å². The highest BCUT2D eigenvalue weighted by molar-refractivity contribution is 5.84. The Kier molecular flexibility index (Phi) is 10.2. The number of rotatable bonds is 14. The van der Waals surface area contributed by atoms with Crippen LogP contribution in [0.25, 0.3) is 10.9 Å². The van der Waals surface area contributed by atoms with Crippen LogP contribution in [0, 0.1) is 5.41 Å². The van der Waals surface area contributed by atoms with Crippen molar-refractivity contribution in [1.82, 2.24) is 10.3 Å². The number of para-hydroxylation sites is 1. The lowest BCUT2D eigenvalue weighted by Gasteiger charge is -2.31. The number of nitrogens with zero attached hydrogens (tertiary/aromatic N) is 2. The average Bonchev–Trinajstić information content (AvgIpc) is 3.23. The fraction of sp³-hybridized carbons (Fsp3) is 0.478. The minimum Gasteiger partial charge on any atom is -0.469 e. The summed E-state index contributed by atoms with van der Waals surface area (Å²) in [6.07, 6.45) is 4.74. The molecule has 0 saturated carbocycles. The molecule has 186 valence electrons. The number of aryl methyl sites for hydroxylation is 1. The average molecular weight is 473 g/mol. The molecule has 0 aliphatic heterocycles. The molecule has 11 heteroatoms. The Balaban J connectivity index is 2.04. The Labute approximate surface area is 199 Å². The summed E-state index contributed by atoms with van der Waals surface area (Å²) >= 11 is 0. The number of ether oxygens (including phenoxy) is 1. The van der Waals surface area contributed by atoms with Crippen LogP contribution < -0.4 is 28.3 Å². The molecule has 0 unspecified atom stereocenters. The molecule has 0 aliphatic carbocycles. The Bertz CT molecular complexity index is 983. The molecule has 0 bridgehead atoms. The number of aliphatic imine (C=N–C) groups is 2. The van der Waals surface area contributed by atoms with E-state index in [0.717, 1.165) is 16.5 Å². The number of nitrogens with two attached hydrogens (primary N) is 4. The van der Waals surface area contributed by atoms with Gasteiger partial charge in [-0.05, 0) is 43.7 Å². The number of methoxy groups -OCH3 is 1. The number of amides is 1. The number of benzene rings is 1. The minimum absolute atomic E-state index is 0.0120. The highest BCUT2D eigenvalue weighted by Crippen LogP contribution is 2.31. The number of esters is 1. The zero-order valence-electron chi connectivity index (χ0n) is 19.7. The van der Waals surface area contributed by atoms with E-state index in [-0.39, 0.29) is 24.4 Å². The third-order valence-corrected chi connectivity index (χ3v) is 5.75. The number of fused-ring (bicyclic) bond motifs is 1. The van der Waals surface area contributed by atoms with E-state index in [1.54, 1.807) is 0 Å². The molecular weight excluding hydrogens is 436 g/mol. The van der Waals surface area contributed by atoms with Crippen molar-refractivity contribution in [3.63, 3.8) is 0 Å². The van der Waals surface area contributed by atoms with Crippen molar-refractivity contribution in [3.8, 4) is 0 Å². The molecule has 2 aromatic rings. The topological polar surface area (TPSA) is 200 Å². The van der Waals surface area contributed by atoms with Crippen molar-refractivity contribution in [2.75, 3.05) is 26.7 Å². The number of H-pyrrole nitrogens is 1. The normalized spacial score (nSPS) is 11.1. The molecule has 1 amide bonds. The molecule has 0 aliphatic rings. The second-order valence-corrected chi connectivity index (χ2v) is 8.23. The molecule has 1 aromatic heterocycles. The van der Waals surface area contributed by atoms with Crippen molar-refractivity contribution in [1.29, 1.82) is 0 Å². The van der Waals surface area contributed by atoms with E-state index < -0.39 is 11.4 Å². The van der Waals surface area contributed by atoms with E-state index in [1.165, 1.54) is 7.11 Å². The van der Waals surface area contributed by atoms with Gasteiger partial charge in [0.05, 0.1) is 12.5 Å². The molecule has 0 atom stereocenters. The number of hydrogen-bond acceptors (Lipinski definition) is 5. The number of carbonyl (C=O) groups excluding carboxylic acids is 2. The van der Waals surface area contributed by atoms with Gasteiger partial charge in [0.2, 0.25) is 5.91 Å². The third kappa shape index (κ3) is 7.98. The molecule has 1 heterocycles. The van der Waals surface area contributed by atoms with E-state index in [0.29, 0.717) is 51.6 Å². The van der Waals surface area contributed by atoms with E-state index in [1.807, 2.05) is 30.5 Å². The number of carbonyl (C=O) groups is 2. The molecule has 10 N–H and O–H groups in total. The lowest BCUT2D eigenvalue weighted by molar-refractivity contribution is -0.154. The van der Waals surface area contributed by atoms with Crippen molar-refractivity contribution in [2.45, 2.75) is 38.5 Å². The van der Waals surface area contributed by atoms with Gasteiger partial charge in [-0.1, -0.05) is 18.2 Å². The predicted molar refractivity (Wildman–Crippen MR) is 134 cm³/mol. The SMILES string of the molecule is COC(=O)C(CCCN=C(N)N)(CCCN=C(N)N)CNC(=O)CCc1c[nH]c2ccccc12. The standard InChI is InChI=1S/C23H36N8O3/c1-34-20(33)23(10-4-12-28-21(24)25,11-5-13-29-22(26)27)15-31-19(32)9-8-16-14-30-18-7-3-2-6-17(16)18/h2-3,6-7,14,30H,4-5,8-13,15H2,1H3,(H,31,32)(H4,24,25,28)(H4,26,27,29). The summed E-state index contributed by atoms with van der Waals surface area (Å²) in [4.78, 5) is 36.7. The van der Waals surface area contributed by atoms with Gasteiger partial charge in [-0.15, -0.1) is 0 Å². The Morgan fingerprint density at radius 3 is 2.24 bits per heavy atom. The van der Waals surface area contributed by atoms with E-state index in [4.69, 9.17) is 27.7 Å². The molecule has 11 nitrogen and oxygen atoms in total. The molecule has 34 heavy (non-hydrogen) atoms. The van der Waals surface area contributed by atoms with Crippen LogP contribution in [-0.4, -0.2) is 55.5 Å². The first-order chi connectivity index (χ1) is 16.3. The van der Waals surface area contributed by atoms with E-state index in [2.05, 4.69) is 20.3 Å². The number of hydrogen-bond donors (Lipinski definition) is 6. The number of guanidine groups is 2. The van der Waals surface area contributed by atoms with Crippen LogP contribution in [0.5, 0.6) is 0 Å². The van der Waals surface area contributed by atoms with Gasteiger partial charge in [-0.3, -0.25) is 19.6 Å². The number of aromatic amines is 1. The molecule has 0 fully saturated rings. The Hall–Kier alpha value is -3.76. The third-order valence-electron chi connectivity index (χ3n) is 5.75. The summed E-state index contributed by atoms with van der Waals surface area (Å²) in [5.41, 5.74) is 22.8. The van der Waals surface area contributed by atoms with Crippen molar-refractivity contribution < 1.29 is 14.3 Å². The van der Waals surface area contributed by atoms with Crippen LogP contribution in [0.2, 0.25) is 0 Å². The second kappa shape index (κ2) is 13.1. The smallest absolute Gasteiger partial charge is 0.313 e. The molecule has 0 spiro atoms. The van der Waals surface area contributed by atoms with Gasteiger partial charge < -0.3 is 38.0 Å². The maximum Gasteiger partial charge on any atom is 0.313 e. The van der Waals surface area contributed by atoms with Gasteiger partial charge in [0.25, 0.3) is 0 Å². The van der Waals surface area contributed by atoms with Crippen LogP contribution in [0.1, 0.15) is 37.7 Å². The first-order valence-corrected chi connectivity index (χ1v) is 11.3. The predicted octanol–water partition coefficient (Wildman–Crippen LogP) is 0.483. The largest absolute Gasteiger partial charge is 0.469 e. The highest BCUT2D eigenvalue weighted by Gasteiger charge is 2.39. The summed E-state index contributed by atoms with van der Waals surface area (Å²) in [6, 6.07) is 7.94.